The fraction of sp³-hybridized carbons (Fsp3) is 0.545. The molecule has 3 amide bonds. The zero-order valence-corrected chi connectivity index (χ0v) is 9.93. The molecule has 0 atom stereocenters. The second kappa shape index (κ2) is 6.15. The summed E-state index contributed by atoms with van der Waals surface area (Å²) in [5.41, 5.74) is 0. The van der Waals surface area contributed by atoms with Crippen LogP contribution in [0.4, 0.5) is 0 Å². The number of carbonyl (C=O) groups is 3. The summed E-state index contributed by atoms with van der Waals surface area (Å²) in [6.45, 7) is 4.32. The molecule has 0 radical (unpaired) electrons. The van der Waals surface area contributed by atoms with E-state index in [1.54, 1.807) is 0 Å². The lowest BCUT2D eigenvalue weighted by atomic mass is 10.4. The molecule has 1 rings (SSSR count). The highest BCUT2D eigenvalue weighted by Gasteiger charge is 2.25. The van der Waals surface area contributed by atoms with Crippen LogP contribution < -0.4 is 5.32 Å². The van der Waals surface area contributed by atoms with E-state index in [1.807, 2.05) is 13.8 Å². The topological polar surface area (TPSA) is 75.7 Å². The minimum atomic E-state index is -0.455. The van der Waals surface area contributed by atoms with Crippen LogP contribution in [0, 0.1) is 0 Å². The molecular formula is C11H16N2O4. The Bertz CT molecular complexity index is 331. The molecule has 1 heterocycles. The molecule has 17 heavy (non-hydrogen) atoms. The first-order valence-electron chi connectivity index (χ1n) is 5.42. The first-order valence-corrected chi connectivity index (χ1v) is 5.42. The van der Waals surface area contributed by atoms with Crippen LogP contribution in [0.1, 0.15) is 13.8 Å². The molecule has 0 spiro atoms. The first kappa shape index (κ1) is 13.4. The summed E-state index contributed by atoms with van der Waals surface area (Å²) in [5, 5.41) is 2.57. The minimum Gasteiger partial charge on any atom is -0.377 e. The molecule has 0 aliphatic carbocycles. The van der Waals surface area contributed by atoms with E-state index in [0.29, 0.717) is 13.2 Å². The van der Waals surface area contributed by atoms with Crippen LogP contribution in [0.25, 0.3) is 0 Å². The normalized spacial score (nSPS) is 14.9. The van der Waals surface area contributed by atoms with Crippen LogP contribution in [-0.2, 0) is 19.1 Å². The van der Waals surface area contributed by atoms with Gasteiger partial charge in [-0.3, -0.25) is 19.3 Å². The minimum absolute atomic E-state index is 0.109. The number of hydrogen-bond donors (Lipinski definition) is 1. The van der Waals surface area contributed by atoms with Crippen molar-refractivity contribution in [1.29, 1.82) is 0 Å². The molecule has 0 aromatic heterocycles. The van der Waals surface area contributed by atoms with Crippen LogP contribution >= 0.6 is 0 Å². The number of ether oxygens (including phenoxy) is 1. The molecule has 0 saturated carbocycles. The van der Waals surface area contributed by atoms with E-state index in [9.17, 15) is 14.4 Å². The van der Waals surface area contributed by atoms with E-state index in [4.69, 9.17) is 4.74 Å². The van der Waals surface area contributed by atoms with E-state index in [2.05, 4.69) is 5.32 Å². The zero-order chi connectivity index (χ0) is 12.8. The van der Waals surface area contributed by atoms with E-state index in [0.717, 1.165) is 17.1 Å². The average molecular weight is 240 g/mol. The molecule has 94 valence electrons. The Morgan fingerprint density at radius 2 is 1.94 bits per heavy atom. The lowest BCUT2D eigenvalue weighted by molar-refractivity contribution is -0.141. The van der Waals surface area contributed by atoms with Crippen molar-refractivity contribution in [2.45, 2.75) is 20.0 Å². The fourth-order valence-electron chi connectivity index (χ4n) is 1.27. The van der Waals surface area contributed by atoms with Crippen LogP contribution in [0.15, 0.2) is 12.2 Å². The molecule has 0 unspecified atom stereocenters. The van der Waals surface area contributed by atoms with Gasteiger partial charge < -0.3 is 10.1 Å². The number of rotatable bonds is 6. The van der Waals surface area contributed by atoms with E-state index in [1.165, 1.54) is 0 Å². The van der Waals surface area contributed by atoms with Crippen molar-refractivity contribution in [2.24, 2.45) is 0 Å². The molecular weight excluding hydrogens is 224 g/mol. The highest BCUT2D eigenvalue weighted by molar-refractivity contribution is 6.14. The maximum atomic E-state index is 11.4. The molecule has 6 heteroatoms. The summed E-state index contributed by atoms with van der Waals surface area (Å²) in [6.07, 6.45) is 2.41. The molecule has 1 aliphatic heterocycles. The molecule has 0 aromatic rings. The van der Waals surface area contributed by atoms with Crippen molar-refractivity contribution in [3.63, 3.8) is 0 Å². The second-order valence-corrected chi connectivity index (χ2v) is 3.87. The highest BCUT2D eigenvalue weighted by atomic mass is 16.5. The van der Waals surface area contributed by atoms with Crippen molar-refractivity contribution < 1.29 is 19.1 Å². The van der Waals surface area contributed by atoms with Crippen molar-refractivity contribution in [3.05, 3.63) is 12.2 Å². The summed E-state index contributed by atoms with van der Waals surface area (Å²) in [6, 6.07) is 0. The Morgan fingerprint density at radius 3 is 2.47 bits per heavy atom. The standard InChI is InChI=1S/C11H16N2O4/c1-8(2)17-6-5-12-9(14)7-13-10(15)3-4-11(13)16/h3-4,8H,5-7H2,1-2H3,(H,12,14). The lowest BCUT2D eigenvalue weighted by Gasteiger charge is -2.13. The van der Waals surface area contributed by atoms with Crippen LogP contribution in [0.2, 0.25) is 0 Å². The Balaban J connectivity index is 2.21. The molecule has 1 aliphatic rings. The number of nitrogens with one attached hydrogen (secondary N) is 1. The fourth-order valence-corrected chi connectivity index (χ4v) is 1.27. The zero-order valence-electron chi connectivity index (χ0n) is 9.93. The van der Waals surface area contributed by atoms with E-state index in [-0.39, 0.29) is 18.6 Å². The average Bonchev–Trinajstić information content (AvgIpc) is 2.56. The van der Waals surface area contributed by atoms with Crippen molar-refractivity contribution in [3.8, 4) is 0 Å². The van der Waals surface area contributed by atoms with Gasteiger partial charge in [0.25, 0.3) is 11.8 Å². The molecule has 0 aromatic carbocycles. The molecule has 1 N–H and O–H groups in total. The van der Waals surface area contributed by atoms with E-state index >= 15 is 0 Å². The van der Waals surface area contributed by atoms with Crippen molar-refractivity contribution in [2.75, 3.05) is 19.7 Å². The number of amides is 3. The third-order valence-electron chi connectivity index (χ3n) is 2.08. The van der Waals surface area contributed by atoms with E-state index < -0.39 is 11.8 Å². The third kappa shape index (κ3) is 4.36. The second-order valence-electron chi connectivity index (χ2n) is 3.87. The van der Waals surface area contributed by atoms with Gasteiger partial charge in [-0.15, -0.1) is 0 Å². The largest absolute Gasteiger partial charge is 0.377 e. The predicted molar refractivity (Wildman–Crippen MR) is 60.0 cm³/mol. The molecule has 6 nitrogen and oxygen atoms in total. The Kier molecular flexibility index (Phi) is 4.84. The highest BCUT2D eigenvalue weighted by Crippen LogP contribution is 2.02. The van der Waals surface area contributed by atoms with Crippen molar-refractivity contribution >= 4 is 17.7 Å². The predicted octanol–water partition coefficient (Wildman–Crippen LogP) is -0.547. The maximum absolute atomic E-state index is 11.4. The smallest absolute Gasteiger partial charge is 0.254 e. The van der Waals surface area contributed by atoms with Gasteiger partial charge in [0.1, 0.15) is 6.54 Å². The monoisotopic (exact) mass is 240 g/mol. The summed E-state index contributed by atoms with van der Waals surface area (Å²) >= 11 is 0. The summed E-state index contributed by atoms with van der Waals surface area (Å²) in [4.78, 5) is 34.6. The van der Waals surface area contributed by atoms with Gasteiger partial charge >= 0.3 is 0 Å². The van der Waals surface area contributed by atoms with Crippen LogP contribution in [-0.4, -0.2) is 48.4 Å². The SMILES string of the molecule is CC(C)OCCNC(=O)CN1C(=O)C=CC1=O. The molecule has 0 saturated heterocycles. The quantitative estimate of drug-likeness (QED) is 0.499. The number of hydrogen-bond acceptors (Lipinski definition) is 4. The summed E-state index contributed by atoms with van der Waals surface area (Å²) < 4.78 is 5.23. The number of nitrogens with zero attached hydrogens (tertiary/aromatic N) is 1. The molecule has 0 fully saturated rings. The molecule has 0 bridgehead atoms. The maximum Gasteiger partial charge on any atom is 0.254 e. The summed E-state index contributed by atoms with van der Waals surface area (Å²) in [7, 11) is 0. The van der Waals surface area contributed by atoms with Crippen molar-refractivity contribution in [1.82, 2.24) is 10.2 Å². The Hall–Kier alpha value is -1.69. The number of imide groups is 1. The lowest BCUT2D eigenvalue weighted by Crippen LogP contribution is -2.41. The van der Waals surface area contributed by atoms with Gasteiger partial charge in [0.15, 0.2) is 0 Å². The van der Waals surface area contributed by atoms with Crippen LogP contribution in [0.3, 0.4) is 0 Å². The first-order chi connectivity index (χ1) is 8.00. The van der Waals surface area contributed by atoms with Gasteiger partial charge in [-0.1, -0.05) is 0 Å². The van der Waals surface area contributed by atoms with Gasteiger partial charge in [0.2, 0.25) is 5.91 Å². The van der Waals surface area contributed by atoms with Gasteiger partial charge in [-0.05, 0) is 13.8 Å². The van der Waals surface area contributed by atoms with Gasteiger partial charge in [-0.2, -0.15) is 0 Å². The van der Waals surface area contributed by atoms with Gasteiger partial charge in [-0.25, -0.2) is 0 Å². The third-order valence-corrected chi connectivity index (χ3v) is 2.08. The Morgan fingerprint density at radius 1 is 1.35 bits per heavy atom. The summed E-state index contributed by atoms with van der Waals surface area (Å²) in [5.74, 6) is -1.28. The van der Waals surface area contributed by atoms with Gasteiger partial charge in [0.05, 0.1) is 12.7 Å². The van der Waals surface area contributed by atoms with Gasteiger partial charge in [0, 0.05) is 18.7 Å². The Labute approximate surface area is 99.6 Å². The number of carbonyl (C=O) groups excluding carboxylic acids is 3. The van der Waals surface area contributed by atoms with Crippen LogP contribution in [0.5, 0.6) is 0 Å².